The summed E-state index contributed by atoms with van der Waals surface area (Å²) in [5.41, 5.74) is 1.11. The zero-order chi connectivity index (χ0) is 14.6. The standard InChI is InChI=1S/C14H20N2O3/c1-8(2)15-13(18)10(4)16-14(19)12-6-5-11(17)7-9(12)3/h5-8,10,17H,1-4H3,(H,15,18)(H,16,19). The molecular formula is C14H20N2O3. The summed E-state index contributed by atoms with van der Waals surface area (Å²) >= 11 is 0. The number of hydrogen-bond donors (Lipinski definition) is 3. The molecule has 0 aliphatic carbocycles. The molecule has 1 unspecified atom stereocenters. The van der Waals surface area contributed by atoms with Gasteiger partial charge in [-0.2, -0.15) is 0 Å². The largest absolute Gasteiger partial charge is 0.508 e. The van der Waals surface area contributed by atoms with Crippen molar-refractivity contribution in [3.8, 4) is 5.75 Å². The molecule has 3 N–H and O–H groups in total. The lowest BCUT2D eigenvalue weighted by Crippen LogP contribution is -2.46. The van der Waals surface area contributed by atoms with Crippen LogP contribution in [0.1, 0.15) is 36.7 Å². The number of nitrogens with one attached hydrogen (secondary N) is 2. The van der Waals surface area contributed by atoms with Crippen LogP contribution in [0.2, 0.25) is 0 Å². The molecule has 1 atom stereocenters. The molecule has 1 aromatic rings. The van der Waals surface area contributed by atoms with Crippen molar-refractivity contribution in [3.63, 3.8) is 0 Å². The van der Waals surface area contributed by atoms with Crippen LogP contribution in [-0.4, -0.2) is 29.0 Å². The van der Waals surface area contributed by atoms with E-state index >= 15 is 0 Å². The van der Waals surface area contributed by atoms with Gasteiger partial charge >= 0.3 is 0 Å². The first-order valence-electron chi connectivity index (χ1n) is 6.22. The van der Waals surface area contributed by atoms with Crippen molar-refractivity contribution in [1.82, 2.24) is 10.6 Å². The third kappa shape index (κ3) is 4.28. The van der Waals surface area contributed by atoms with Crippen LogP contribution in [0.15, 0.2) is 18.2 Å². The van der Waals surface area contributed by atoms with Gasteiger partial charge in [-0.15, -0.1) is 0 Å². The summed E-state index contributed by atoms with van der Waals surface area (Å²) in [7, 11) is 0. The Kier molecular flexibility index (Phi) is 4.92. The second kappa shape index (κ2) is 6.22. The van der Waals surface area contributed by atoms with Crippen LogP contribution in [0.4, 0.5) is 0 Å². The van der Waals surface area contributed by atoms with Crippen LogP contribution in [0.3, 0.4) is 0 Å². The minimum Gasteiger partial charge on any atom is -0.508 e. The minimum atomic E-state index is -0.608. The van der Waals surface area contributed by atoms with E-state index in [9.17, 15) is 14.7 Å². The van der Waals surface area contributed by atoms with Gasteiger partial charge in [-0.05, 0) is 51.5 Å². The number of amides is 2. The normalized spacial score (nSPS) is 12.1. The Morgan fingerprint density at radius 2 is 1.79 bits per heavy atom. The van der Waals surface area contributed by atoms with Gasteiger partial charge in [0.25, 0.3) is 5.91 Å². The molecule has 0 fully saturated rings. The summed E-state index contributed by atoms with van der Waals surface area (Å²) < 4.78 is 0. The second-order valence-corrected chi connectivity index (χ2v) is 4.86. The summed E-state index contributed by atoms with van der Waals surface area (Å²) in [6.07, 6.45) is 0. The molecule has 0 spiro atoms. The van der Waals surface area contributed by atoms with E-state index in [2.05, 4.69) is 10.6 Å². The maximum absolute atomic E-state index is 12.0. The zero-order valence-corrected chi connectivity index (χ0v) is 11.7. The molecule has 1 rings (SSSR count). The molecule has 0 bridgehead atoms. The van der Waals surface area contributed by atoms with Crippen LogP contribution in [0, 0.1) is 6.92 Å². The maximum Gasteiger partial charge on any atom is 0.252 e. The minimum absolute atomic E-state index is 0.0299. The van der Waals surface area contributed by atoms with Crippen LogP contribution >= 0.6 is 0 Å². The molecular weight excluding hydrogens is 244 g/mol. The van der Waals surface area contributed by atoms with Crippen molar-refractivity contribution in [1.29, 1.82) is 0 Å². The first kappa shape index (κ1) is 15.0. The van der Waals surface area contributed by atoms with Crippen LogP contribution in [0.5, 0.6) is 5.75 Å². The number of rotatable bonds is 4. The quantitative estimate of drug-likeness (QED) is 0.768. The highest BCUT2D eigenvalue weighted by Crippen LogP contribution is 2.15. The van der Waals surface area contributed by atoms with Crippen molar-refractivity contribution >= 4 is 11.8 Å². The average Bonchev–Trinajstić information content (AvgIpc) is 2.27. The van der Waals surface area contributed by atoms with E-state index in [1.807, 2.05) is 13.8 Å². The Hall–Kier alpha value is -2.04. The monoisotopic (exact) mass is 264 g/mol. The summed E-state index contributed by atoms with van der Waals surface area (Å²) in [5, 5.41) is 14.7. The van der Waals surface area contributed by atoms with Gasteiger partial charge in [-0.25, -0.2) is 0 Å². The fourth-order valence-electron chi connectivity index (χ4n) is 1.65. The Morgan fingerprint density at radius 1 is 1.16 bits per heavy atom. The van der Waals surface area contributed by atoms with E-state index in [1.165, 1.54) is 18.2 Å². The number of aryl methyl sites for hydroxylation is 1. The molecule has 0 radical (unpaired) electrons. The summed E-state index contributed by atoms with van der Waals surface area (Å²) in [4.78, 5) is 23.7. The van der Waals surface area contributed by atoms with Gasteiger partial charge in [-0.1, -0.05) is 0 Å². The molecule has 5 heteroatoms. The molecule has 0 aromatic heterocycles. The predicted molar refractivity (Wildman–Crippen MR) is 73.1 cm³/mol. The van der Waals surface area contributed by atoms with Crippen molar-refractivity contribution in [3.05, 3.63) is 29.3 Å². The number of carbonyl (C=O) groups excluding carboxylic acids is 2. The first-order valence-corrected chi connectivity index (χ1v) is 6.22. The second-order valence-electron chi connectivity index (χ2n) is 4.86. The number of phenols is 1. The van der Waals surface area contributed by atoms with Crippen LogP contribution in [-0.2, 0) is 4.79 Å². The SMILES string of the molecule is Cc1cc(O)ccc1C(=O)NC(C)C(=O)NC(C)C. The molecule has 0 saturated heterocycles. The molecule has 19 heavy (non-hydrogen) atoms. The lowest BCUT2D eigenvalue weighted by molar-refractivity contribution is -0.123. The number of hydrogen-bond acceptors (Lipinski definition) is 3. The van der Waals surface area contributed by atoms with Gasteiger partial charge in [0, 0.05) is 11.6 Å². The Balaban J connectivity index is 2.71. The summed E-state index contributed by atoms with van der Waals surface area (Å²) in [6, 6.07) is 3.91. The molecule has 5 nitrogen and oxygen atoms in total. The highest BCUT2D eigenvalue weighted by Gasteiger charge is 2.18. The van der Waals surface area contributed by atoms with Crippen molar-refractivity contribution in [2.24, 2.45) is 0 Å². The fraction of sp³-hybridized carbons (Fsp3) is 0.429. The van der Waals surface area contributed by atoms with Crippen molar-refractivity contribution in [2.45, 2.75) is 39.8 Å². The number of benzene rings is 1. The van der Waals surface area contributed by atoms with E-state index in [0.29, 0.717) is 11.1 Å². The highest BCUT2D eigenvalue weighted by molar-refractivity contribution is 5.98. The van der Waals surface area contributed by atoms with Gasteiger partial charge in [-0.3, -0.25) is 9.59 Å². The molecule has 1 aromatic carbocycles. The molecule has 0 aliphatic heterocycles. The van der Waals surface area contributed by atoms with Gasteiger partial charge in [0.1, 0.15) is 11.8 Å². The third-order valence-electron chi connectivity index (χ3n) is 2.63. The van der Waals surface area contributed by atoms with Gasteiger partial charge in [0.2, 0.25) is 5.91 Å². The van der Waals surface area contributed by atoms with Crippen LogP contribution in [0.25, 0.3) is 0 Å². The third-order valence-corrected chi connectivity index (χ3v) is 2.63. The Morgan fingerprint density at radius 3 is 2.32 bits per heavy atom. The molecule has 2 amide bonds. The van der Waals surface area contributed by atoms with E-state index < -0.39 is 6.04 Å². The van der Waals surface area contributed by atoms with Gasteiger partial charge in [0.15, 0.2) is 0 Å². The lowest BCUT2D eigenvalue weighted by Gasteiger charge is -2.16. The van der Waals surface area contributed by atoms with Crippen molar-refractivity contribution in [2.75, 3.05) is 0 Å². The Bertz CT molecular complexity index is 484. The fourth-order valence-corrected chi connectivity index (χ4v) is 1.65. The first-order chi connectivity index (χ1) is 8.81. The molecule has 104 valence electrons. The van der Waals surface area contributed by atoms with E-state index in [4.69, 9.17) is 0 Å². The molecule has 0 aliphatic rings. The number of aromatic hydroxyl groups is 1. The van der Waals surface area contributed by atoms with E-state index in [1.54, 1.807) is 13.8 Å². The maximum atomic E-state index is 12.0. The highest BCUT2D eigenvalue weighted by atomic mass is 16.3. The van der Waals surface area contributed by atoms with E-state index in [-0.39, 0.29) is 23.6 Å². The van der Waals surface area contributed by atoms with Gasteiger partial charge < -0.3 is 15.7 Å². The summed E-state index contributed by atoms with van der Waals surface area (Å²) in [5.74, 6) is -0.441. The van der Waals surface area contributed by atoms with Crippen LogP contribution < -0.4 is 10.6 Å². The van der Waals surface area contributed by atoms with Gasteiger partial charge in [0.05, 0.1) is 0 Å². The topological polar surface area (TPSA) is 78.4 Å². The zero-order valence-electron chi connectivity index (χ0n) is 11.7. The lowest BCUT2D eigenvalue weighted by atomic mass is 10.1. The smallest absolute Gasteiger partial charge is 0.252 e. The van der Waals surface area contributed by atoms with E-state index in [0.717, 1.165) is 0 Å². The summed E-state index contributed by atoms with van der Waals surface area (Å²) in [6.45, 7) is 7.08. The number of phenolic OH excluding ortho intramolecular Hbond substituents is 1. The number of carbonyl (C=O) groups is 2. The molecule has 0 saturated carbocycles. The average molecular weight is 264 g/mol. The van der Waals surface area contributed by atoms with Crippen molar-refractivity contribution < 1.29 is 14.7 Å². The molecule has 0 heterocycles. The predicted octanol–water partition coefficient (Wildman–Crippen LogP) is 1.34. The Labute approximate surface area is 113 Å².